The SMILES string of the molecule is C[C@](O)(CO)c1ccccc1. The van der Waals surface area contributed by atoms with Gasteiger partial charge in [0, 0.05) is 0 Å². The molecule has 0 amide bonds. The highest BCUT2D eigenvalue weighted by Gasteiger charge is 2.20. The molecule has 0 bridgehead atoms. The van der Waals surface area contributed by atoms with Crippen LogP contribution in [0.15, 0.2) is 30.3 Å². The van der Waals surface area contributed by atoms with E-state index >= 15 is 0 Å². The highest BCUT2D eigenvalue weighted by molar-refractivity contribution is 5.21. The fourth-order valence-electron chi connectivity index (χ4n) is 0.888. The highest BCUT2D eigenvalue weighted by Crippen LogP contribution is 2.18. The van der Waals surface area contributed by atoms with Gasteiger partial charge in [0.2, 0.25) is 0 Å². The summed E-state index contributed by atoms with van der Waals surface area (Å²) in [6.45, 7) is 1.33. The number of benzene rings is 1. The molecule has 0 saturated heterocycles. The van der Waals surface area contributed by atoms with Crippen LogP contribution in [-0.4, -0.2) is 16.8 Å². The Labute approximate surface area is 66.1 Å². The van der Waals surface area contributed by atoms with Crippen LogP contribution in [0.2, 0.25) is 0 Å². The molecule has 0 radical (unpaired) electrons. The summed E-state index contributed by atoms with van der Waals surface area (Å²) in [5.41, 5.74) is -0.371. The third kappa shape index (κ3) is 1.79. The molecule has 2 N–H and O–H groups in total. The van der Waals surface area contributed by atoms with Crippen LogP contribution in [0.5, 0.6) is 0 Å². The van der Waals surface area contributed by atoms with E-state index in [1.807, 2.05) is 18.2 Å². The van der Waals surface area contributed by atoms with Crippen LogP contribution < -0.4 is 0 Å². The molecule has 0 aliphatic carbocycles. The molecule has 0 aliphatic heterocycles. The Morgan fingerprint density at radius 3 is 2.27 bits per heavy atom. The number of hydrogen-bond donors (Lipinski definition) is 2. The molecule has 0 saturated carbocycles. The maximum atomic E-state index is 9.54. The second-order valence-corrected chi connectivity index (χ2v) is 2.80. The molecule has 60 valence electrons. The van der Waals surface area contributed by atoms with Gasteiger partial charge < -0.3 is 10.2 Å². The van der Waals surface area contributed by atoms with Gasteiger partial charge in [-0.2, -0.15) is 0 Å². The van der Waals surface area contributed by atoms with E-state index in [0.29, 0.717) is 0 Å². The second kappa shape index (κ2) is 3.03. The molecule has 2 heteroatoms. The normalized spacial score (nSPS) is 15.9. The van der Waals surface area contributed by atoms with E-state index in [1.165, 1.54) is 0 Å². The summed E-state index contributed by atoms with van der Waals surface area (Å²) >= 11 is 0. The minimum atomic E-state index is -1.11. The molecule has 1 atom stereocenters. The zero-order valence-corrected chi connectivity index (χ0v) is 6.49. The van der Waals surface area contributed by atoms with Gasteiger partial charge in [-0.3, -0.25) is 0 Å². The van der Waals surface area contributed by atoms with Gasteiger partial charge in [0.25, 0.3) is 0 Å². The third-order valence-electron chi connectivity index (χ3n) is 1.70. The van der Waals surface area contributed by atoms with Crippen molar-refractivity contribution in [2.75, 3.05) is 6.61 Å². The monoisotopic (exact) mass is 152 g/mol. The van der Waals surface area contributed by atoms with Crippen LogP contribution in [0, 0.1) is 0 Å². The average Bonchev–Trinajstić information content (AvgIpc) is 2.06. The quantitative estimate of drug-likeness (QED) is 0.660. The summed E-state index contributed by atoms with van der Waals surface area (Å²) in [5, 5.41) is 18.3. The van der Waals surface area contributed by atoms with Crippen LogP contribution in [-0.2, 0) is 5.60 Å². The van der Waals surface area contributed by atoms with E-state index in [4.69, 9.17) is 5.11 Å². The predicted octanol–water partition coefficient (Wildman–Crippen LogP) is 0.886. The summed E-state index contributed by atoms with van der Waals surface area (Å²) in [6, 6.07) is 9.11. The van der Waals surface area contributed by atoms with E-state index < -0.39 is 5.60 Å². The zero-order valence-electron chi connectivity index (χ0n) is 6.49. The molecule has 0 spiro atoms. The van der Waals surface area contributed by atoms with Crippen LogP contribution in [0.3, 0.4) is 0 Å². The Morgan fingerprint density at radius 1 is 1.27 bits per heavy atom. The Balaban J connectivity index is 2.93. The third-order valence-corrected chi connectivity index (χ3v) is 1.70. The minimum Gasteiger partial charge on any atom is -0.393 e. The fraction of sp³-hybridized carbons (Fsp3) is 0.333. The van der Waals surface area contributed by atoms with Gasteiger partial charge >= 0.3 is 0 Å². The van der Waals surface area contributed by atoms with Gasteiger partial charge in [-0.15, -0.1) is 0 Å². The molecule has 0 fully saturated rings. The van der Waals surface area contributed by atoms with Crippen LogP contribution in [0.4, 0.5) is 0 Å². The standard InChI is InChI=1S/C9H12O2/c1-9(11,7-10)8-5-3-2-4-6-8/h2-6,10-11H,7H2,1H3/t9-/m0/s1. The molecule has 1 aromatic rings. The van der Waals surface area contributed by atoms with Crippen LogP contribution in [0.1, 0.15) is 12.5 Å². The van der Waals surface area contributed by atoms with Crippen molar-refractivity contribution in [1.29, 1.82) is 0 Å². The van der Waals surface area contributed by atoms with Gasteiger partial charge in [0.05, 0.1) is 6.61 Å². The van der Waals surface area contributed by atoms with Gasteiger partial charge in [-0.05, 0) is 12.5 Å². The predicted molar refractivity (Wildman–Crippen MR) is 43.1 cm³/mol. The number of aliphatic hydroxyl groups excluding tert-OH is 1. The topological polar surface area (TPSA) is 40.5 Å². The number of hydrogen-bond acceptors (Lipinski definition) is 2. The van der Waals surface area contributed by atoms with Gasteiger partial charge in [0.15, 0.2) is 0 Å². The first kappa shape index (κ1) is 8.24. The molecule has 0 heterocycles. The Bertz CT molecular complexity index is 216. The van der Waals surface area contributed by atoms with Gasteiger partial charge in [0.1, 0.15) is 5.60 Å². The fourth-order valence-corrected chi connectivity index (χ4v) is 0.888. The first-order valence-electron chi connectivity index (χ1n) is 3.55. The van der Waals surface area contributed by atoms with E-state index in [0.717, 1.165) is 5.56 Å². The van der Waals surface area contributed by atoms with Crippen LogP contribution in [0.25, 0.3) is 0 Å². The van der Waals surface area contributed by atoms with Crippen LogP contribution >= 0.6 is 0 Å². The molecule has 0 aromatic heterocycles. The molecule has 2 nitrogen and oxygen atoms in total. The highest BCUT2D eigenvalue weighted by atomic mass is 16.3. The van der Waals surface area contributed by atoms with Crippen molar-refractivity contribution in [3.8, 4) is 0 Å². The smallest absolute Gasteiger partial charge is 0.110 e. The van der Waals surface area contributed by atoms with Crippen molar-refractivity contribution in [1.82, 2.24) is 0 Å². The van der Waals surface area contributed by atoms with Crippen molar-refractivity contribution in [3.05, 3.63) is 35.9 Å². The van der Waals surface area contributed by atoms with Gasteiger partial charge in [-0.25, -0.2) is 0 Å². The van der Waals surface area contributed by atoms with Crippen molar-refractivity contribution >= 4 is 0 Å². The molecule has 0 unspecified atom stereocenters. The van der Waals surface area contributed by atoms with Crippen molar-refractivity contribution < 1.29 is 10.2 Å². The number of rotatable bonds is 2. The lowest BCUT2D eigenvalue weighted by Gasteiger charge is -2.20. The molecule has 11 heavy (non-hydrogen) atoms. The van der Waals surface area contributed by atoms with Crippen molar-refractivity contribution in [2.45, 2.75) is 12.5 Å². The molecule has 1 rings (SSSR count). The lowest BCUT2D eigenvalue weighted by atomic mass is 9.97. The Kier molecular flexibility index (Phi) is 2.27. The summed E-state index contributed by atoms with van der Waals surface area (Å²) in [7, 11) is 0. The largest absolute Gasteiger partial charge is 0.393 e. The maximum Gasteiger partial charge on any atom is 0.110 e. The summed E-state index contributed by atoms with van der Waals surface area (Å²) < 4.78 is 0. The lowest BCUT2D eigenvalue weighted by Crippen LogP contribution is -2.25. The molecular weight excluding hydrogens is 140 g/mol. The zero-order chi connectivity index (χ0) is 8.32. The Hall–Kier alpha value is -0.860. The van der Waals surface area contributed by atoms with Crippen molar-refractivity contribution in [3.63, 3.8) is 0 Å². The second-order valence-electron chi connectivity index (χ2n) is 2.80. The minimum absolute atomic E-state index is 0.253. The van der Waals surface area contributed by atoms with Crippen molar-refractivity contribution in [2.24, 2.45) is 0 Å². The lowest BCUT2D eigenvalue weighted by molar-refractivity contribution is -0.00228. The Morgan fingerprint density at radius 2 is 1.82 bits per heavy atom. The van der Waals surface area contributed by atoms with E-state index in [1.54, 1.807) is 19.1 Å². The summed E-state index contributed by atoms with van der Waals surface area (Å²) in [5.74, 6) is 0. The first-order valence-corrected chi connectivity index (χ1v) is 3.55. The summed E-state index contributed by atoms with van der Waals surface area (Å²) in [6.07, 6.45) is 0. The average molecular weight is 152 g/mol. The van der Waals surface area contributed by atoms with E-state index in [2.05, 4.69) is 0 Å². The van der Waals surface area contributed by atoms with E-state index in [9.17, 15) is 5.11 Å². The molecule has 1 aromatic carbocycles. The molecular formula is C9H12O2. The number of aliphatic hydroxyl groups is 2. The molecule has 0 aliphatic rings. The summed E-state index contributed by atoms with van der Waals surface area (Å²) in [4.78, 5) is 0. The first-order chi connectivity index (χ1) is 5.17. The maximum absolute atomic E-state index is 9.54. The van der Waals surface area contributed by atoms with Gasteiger partial charge in [-0.1, -0.05) is 30.3 Å². The van der Waals surface area contributed by atoms with E-state index in [-0.39, 0.29) is 6.61 Å².